The average Bonchev–Trinajstić information content (AvgIpc) is 3.32. The second-order valence-corrected chi connectivity index (χ2v) is 10.2. The predicted octanol–water partition coefficient (Wildman–Crippen LogP) is 2.71. The summed E-state index contributed by atoms with van der Waals surface area (Å²) in [7, 11) is -3.99. The van der Waals surface area contributed by atoms with Gasteiger partial charge in [-0.1, -0.05) is 12.1 Å². The minimum Gasteiger partial charge on any atom is -0.406 e. The highest BCUT2D eigenvalue weighted by Gasteiger charge is 2.32. The molecule has 0 spiro atoms. The smallest absolute Gasteiger partial charge is 0.406 e. The number of nitrogens with two attached hydrogens (primary N) is 1. The van der Waals surface area contributed by atoms with Crippen LogP contribution >= 0.6 is 0 Å². The van der Waals surface area contributed by atoms with E-state index in [9.17, 15) is 31.2 Å². The molecule has 4 rings (SSSR count). The molecule has 2 aromatic carbocycles. The molecule has 1 atom stereocenters. The molecule has 2 amide bonds. The van der Waals surface area contributed by atoms with E-state index in [-0.39, 0.29) is 17.2 Å². The second kappa shape index (κ2) is 9.74. The van der Waals surface area contributed by atoms with Crippen LogP contribution in [0.4, 0.5) is 13.2 Å². The Balaban J connectivity index is 1.74. The molecule has 2 aromatic heterocycles. The van der Waals surface area contributed by atoms with Gasteiger partial charge < -0.3 is 15.8 Å². The van der Waals surface area contributed by atoms with Gasteiger partial charge in [-0.2, -0.15) is 0 Å². The number of amides is 2. The Bertz CT molecular complexity index is 1670. The first kappa shape index (κ1) is 26.5. The molecule has 0 fully saturated rings. The largest absolute Gasteiger partial charge is 0.573 e. The van der Waals surface area contributed by atoms with Gasteiger partial charge in [-0.3, -0.25) is 14.2 Å². The Morgan fingerprint density at radius 2 is 1.76 bits per heavy atom. The number of carbonyl (C=O) groups excluding carboxylic acids is 2. The van der Waals surface area contributed by atoms with Crippen LogP contribution in [-0.4, -0.2) is 52.4 Å². The van der Waals surface area contributed by atoms with E-state index in [1.54, 1.807) is 31.2 Å². The summed E-state index contributed by atoms with van der Waals surface area (Å²) in [5, 5.41) is 2.59. The number of hydrogen-bond acceptors (Lipinski definition) is 8. The fourth-order valence-electron chi connectivity index (χ4n) is 3.51. The molecule has 0 aliphatic rings. The van der Waals surface area contributed by atoms with Gasteiger partial charge in [-0.25, -0.2) is 23.4 Å². The maximum atomic E-state index is 13.1. The van der Waals surface area contributed by atoms with Crippen molar-refractivity contribution in [2.24, 2.45) is 5.73 Å². The standard InChI is InChI=1S/C23H19F3N6O5S/c1-12(29-22(34)13-7-14(37-23(24,25)26)9-15(8-13)38(2,35)36)19-21(32-10-18(20(27)33)28-11-32)31-17-6-4-3-5-16(17)30-19/h3-12H,1-2H3,(H2,27,33)(H,29,34). The number of sulfone groups is 1. The maximum absolute atomic E-state index is 13.1. The van der Waals surface area contributed by atoms with Crippen LogP contribution in [0.3, 0.4) is 0 Å². The number of nitrogens with zero attached hydrogens (tertiary/aromatic N) is 4. The lowest BCUT2D eigenvalue weighted by Crippen LogP contribution is -2.29. The van der Waals surface area contributed by atoms with Crippen molar-refractivity contribution in [1.82, 2.24) is 24.8 Å². The molecule has 0 saturated heterocycles. The van der Waals surface area contributed by atoms with Crippen LogP contribution < -0.4 is 15.8 Å². The molecule has 0 bridgehead atoms. The van der Waals surface area contributed by atoms with Crippen molar-refractivity contribution < 1.29 is 35.9 Å². The summed E-state index contributed by atoms with van der Waals surface area (Å²) in [6.07, 6.45) is -1.71. The van der Waals surface area contributed by atoms with E-state index in [0.717, 1.165) is 18.4 Å². The molecule has 1 unspecified atom stereocenters. The Hall–Kier alpha value is -4.53. The normalized spacial score (nSPS) is 12.8. The lowest BCUT2D eigenvalue weighted by molar-refractivity contribution is -0.274. The molecular weight excluding hydrogens is 529 g/mol. The second-order valence-electron chi connectivity index (χ2n) is 8.16. The summed E-state index contributed by atoms with van der Waals surface area (Å²) in [6, 6.07) is 8.32. The molecule has 2 heterocycles. The molecule has 3 N–H and O–H groups in total. The Labute approximate surface area is 213 Å². The quantitative estimate of drug-likeness (QED) is 0.357. The third-order valence-electron chi connectivity index (χ3n) is 5.22. The maximum Gasteiger partial charge on any atom is 0.573 e. The summed E-state index contributed by atoms with van der Waals surface area (Å²) in [6.45, 7) is 1.54. The van der Waals surface area contributed by atoms with Gasteiger partial charge in [-0.05, 0) is 37.3 Å². The van der Waals surface area contributed by atoms with E-state index in [1.807, 2.05) is 0 Å². The van der Waals surface area contributed by atoms with Crippen LogP contribution in [0.15, 0.2) is 59.9 Å². The number of fused-ring (bicyclic) bond motifs is 1. The van der Waals surface area contributed by atoms with Gasteiger partial charge in [0.2, 0.25) is 0 Å². The van der Waals surface area contributed by atoms with E-state index >= 15 is 0 Å². The monoisotopic (exact) mass is 548 g/mol. The number of imidazole rings is 1. The van der Waals surface area contributed by atoms with Crippen molar-refractivity contribution in [2.45, 2.75) is 24.2 Å². The predicted molar refractivity (Wildman–Crippen MR) is 127 cm³/mol. The zero-order valence-electron chi connectivity index (χ0n) is 19.7. The lowest BCUT2D eigenvalue weighted by atomic mass is 10.1. The Morgan fingerprint density at radius 1 is 1.11 bits per heavy atom. The van der Waals surface area contributed by atoms with Gasteiger partial charge >= 0.3 is 6.36 Å². The topological polar surface area (TPSA) is 159 Å². The van der Waals surface area contributed by atoms with Crippen molar-refractivity contribution in [3.8, 4) is 11.6 Å². The van der Waals surface area contributed by atoms with Crippen LogP contribution in [0, 0.1) is 0 Å². The molecule has 11 nitrogen and oxygen atoms in total. The summed E-state index contributed by atoms with van der Waals surface area (Å²) in [5.74, 6) is -2.35. The van der Waals surface area contributed by atoms with E-state index in [4.69, 9.17) is 5.73 Å². The molecule has 198 valence electrons. The number of nitrogens with one attached hydrogen (secondary N) is 1. The number of primary amides is 1. The number of alkyl halides is 3. The number of aromatic nitrogens is 4. The van der Waals surface area contributed by atoms with Crippen molar-refractivity contribution >= 4 is 32.7 Å². The van der Waals surface area contributed by atoms with E-state index < -0.39 is 50.3 Å². The van der Waals surface area contributed by atoms with Crippen molar-refractivity contribution in [2.75, 3.05) is 6.26 Å². The van der Waals surface area contributed by atoms with Crippen LogP contribution in [0.25, 0.3) is 16.9 Å². The minimum absolute atomic E-state index is 0.0441. The minimum atomic E-state index is -5.11. The third kappa shape index (κ3) is 5.88. The highest BCUT2D eigenvalue weighted by molar-refractivity contribution is 7.90. The van der Waals surface area contributed by atoms with Crippen molar-refractivity contribution in [1.29, 1.82) is 0 Å². The molecule has 38 heavy (non-hydrogen) atoms. The van der Waals surface area contributed by atoms with Gasteiger partial charge in [0.25, 0.3) is 11.8 Å². The first-order chi connectivity index (χ1) is 17.7. The number of carbonyl (C=O) groups is 2. The lowest BCUT2D eigenvalue weighted by Gasteiger charge is -2.18. The number of benzene rings is 2. The van der Waals surface area contributed by atoms with Crippen LogP contribution in [-0.2, 0) is 9.84 Å². The average molecular weight is 549 g/mol. The van der Waals surface area contributed by atoms with Crippen LogP contribution in [0.2, 0.25) is 0 Å². The molecule has 15 heteroatoms. The molecule has 0 aliphatic heterocycles. The molecule has 0 aliphatic carbocycles. The van der Waals surface area contributed by atoms with Gasteiger partial charge in [0.1, 0.15) is 23.5 Å². The number of halogens is 3. The van der Waals surface area contributed by atoms with E-state index in [0.29, 0.717) is 17.1 Å². The summed E-state index contributed by atoms with van der Waals surface area (Å²) in [4.78, 5) is 37.1. The summed E-state index contributed by atoms with van der Waals surface area (Å²) < 4.78 is 67.7. The SMILES string of the molecule is CC(NC(=O)c1cc(OC(F)(F)F)cc(S(C)(=O)=O)c1)c1nc2ccccc2nc1-n1cnc(C(N)=O)c1. The van der Waals surface area contributed by atoms with Crippen molar-refractivity contribution in [3.63, 3.8) is 0 Å². The molecule has 0 saturated carbocycles. The van der Waals surface area contributed by atoms with E-state index in [1.165, 1.54) is 17.1 Å². The zero-order chi connectivity index (χ0) is 27.8. The first-order valence-electron chi connectivity index (χ1n) is 10.7. The third-order valence-corrected chi connectivity index (χ3v) is 6.31. The highest BCUT2D eigenvalue weighted by Crippen LogP contribution is 2.28. The number of ether oxygens (including phenoxy) is 1. The van der Waals surface area contributed by atoms with Gasteiger partial charge in [-0.15, -0.1) is 13.2 Å². The fraction of sp³-hybridized carbons (Fsp3) is 0.174. The number of hydrogen-bond donors (Lipinski definition) is 2. The summed E-state index contributed by atoms with van der Waals surface area (Å²) >= 11 is 0. The molecular formula is C23H19F3N6O5S. The van der Waals surface area contributed by atoms with Crippen LogP contribution in [0.1, 0.15) is 39.5 Å². The van der Waals surface area contributed by atoms with Gasteiger partial charge in [0, 0.05) is 18.0 Å². The highest BCUT2D eigenvalue weighted by atomic mass is 32.2. The number of rotatable bonds is 7. The first-order valence-corrected chi connectivity index (χ1v) is 12.6. The van der Waals surface area contributed by atoms with Crippen LogP contribution in [0.5, 0.6) is 5.75 Å². The summed E-state index contributed by atoms with van der Waals surface area (Å²) in [5.41, 5.74) is 6.03. The van der Waals surface area contributed by atoms with Gasteiger partial charge in [0.05, 0.1) is 22.0 Å². The van der Waals surface area contributed by atoms with Crippen molar-refractivity contribution in [3.05, 3.63) is 71.9 Å². The Kier molecular flexibility index (Phi) is 6.80. The molecule has 4 aromatic rings. The van der Waals surface area contributed by atoms with E-state index in [2.05, 4.69) is 25.0 Å². The molecule has 0 radical (unpaired) electrons. The number of para-hydroxylation sites is 2. The van der Waals surface area contributed by atoms with Gasteiger partial charge in [0.15, 0.2) is 15.7 Å². The zero-order valence-corrected chi connectivity index (χ0v) is 20.5. The Morgan fingerprint density at radius 3 is 2.34 bits per heavy atom. The fourth-order valence-corrected chi connectivity index (χ4v) is 4.18.